The molecule has 0 fully saturated rings. The first-order valence-electron chi connectivity index (χ1n) is 5.27. The maximum absolute atomic E-state index is 8.93. The van der Waals surface area contributed by atoms with E-state index in [4.69, 9.17) is 5.26 Å². The van der Waals surface area contributed by atoms with Crippen LogP contribution in [0, 0.1) is 11.3 Å². The first-order chi connectivity index (χ1) is 8.31. The number of nitriles is 1. The molecule has 0 saturated carbocycles. The minimum Gasteiger partial charge on any atom is -0.198 e. The van der Waals surface area contributed by atoms with Crippen molar-refractivity contribution in [2.24, 2.45) is 0 Å². The van der Waals surface area contributed by atoms with Gasteiger partial charge in [-0.15, -0.1) is 11.3 Å². The molecule has 1 nitrogen and oxygen atoms in total. The van der Waals surface area contributed by atoms with Crippen LogP contribution in [0.15, 0.2) is 40.2 Å². The maximum Gasteiger partial charge on any atom is 0.0753 e. The molecular weight excluding hydrogens is 294 g/mol. The third-order valence-electron chi connectivity index (χ3n) is 2.89. The van der Waals surface area contributed by atoms with Gasteiger partial charge in [0.15, 0.2) is 0 Å². The van der Waals surface area contributed by atoms with Gasteiger partial charge in [-0.2, -0.15) is 5.26 Å². The lowest BCUT2D eigenvalue weighted by atomic mass is 10.0. The van der Waals surface area contributed by atoms with Crippen molar-refractivity contribution in [3.05, 3.63) is 45.7 Å². The Balaban J connectivity index is 2.51. The van der Waals surface area contributed by atoms with E-state index in [1.807, 2.05) is 12.1 Å². The monoisotopic (exact) mass is 301 g/mol. The number of hydrogen-bond acceptors (Lipinski definition) is 2. The Kier molecular flexibility index (Phi) is 2.62. The molecule has 0 aliphatic carbocycles. The summed E-state index contributed by atoms with van der Waals surface area (Å²) in [5, 5.41) is 12.6. The van der Waals surface area contributed by atoms with Gasteiger partial charge in [-0.05, 0) is 38.3 Å². The smallest absolute Gasteiger partial charge is 0.0753 e. The third-order valence-corrected chi connectivity index (χ3v) is 4.84. The van der Waals surface area contributed by atoms with Gasteiger partial charge in [0.2, 0.25) is 0 Å². The molecule has 0 radical (unpaired) electrons. The zero-order valence-electron chi connectivity index (χ0n) is 8.90. The van der Waals surface area contributed by atoms with Gasteiger partial charge >= 0.3 is 0 Å². The van der Waals surface area contributed by atoms with Crippen LogP contribution in [-0.2, 0) is 6.42 Å². The van der Waals surface area contributed by atoms with E-state index in [9.17, 15) is 0 Å². The van der Waals surface area contributed by atoms with Crippen molar-refractivity contribution in [3.8, 4) is 6.07 Å². The molecule has 0 spiro atoms. The van der Waals surface area contributed by atoms with Crippen molar-refractivity contribution in [1.29, 1.82) is 5.26 Å². The van der Waals surface area contributed by atoms with Gasteiger partial charge in [0, 0.05) is 10.1 Å². The lowest BCUT2D eigenvalue weighted by Gasteiger charge is -2.01. The van der Waals surface area contributed by atoms with Crippen LogP contribution in [-0.4, -0.2) is 0 Å². The molecule has 1 heterocycles. The van der Waals surface area contributed by atoms with Crippen LogP contribution in [0.4, 0.5) is 0 Å². The number of thiophene rings is 1. The molecule has 2 aromatic carbocycles. The fourth-order valence-corrected chi connectivity index (χ4v) is 3.96. The van der Waals surface area contributed by atoms with E-state index in [1.54, 1.807) is 11.3 Å². The summed E-state index contributed by atoms with van der Waals surface area (Å²) in [4.78, 5) is 0. The van der Waals surface area contributed by atoms with Gasteiger partial charge < -0.3 is 0 Å². The van der Waals surface area contributed by atoms with Crippen LogP contribution in [0.2, 0.25) is 0 Å². The van der Waals surface area contributed by atoms with Gasteiger partial charge in [-0.3, -0.25) is 0 Å². The second-order valence-corrected chi connectivity index (χ2v) is 6.22. The highest BCUT2D eigenvalue weighted by atomic mass is 79.9. The van der Waals surface area contributed by atoms with Crippen LogP contribution < -0.4 is 0 Å². The SMILES string of the molecule is N#CCc1c(Br)sc2ccc3ccccc3c12. The number of hydrogen-bond donors (Lipinski definition) is 0. The number of benzene rings is 2. The minimum atomic E-state index is 0.453. The maximum atomic E-state index is 8.93. The third kappa shape index (κ3) is 1.65. The molecule has 3 heteroatoms. The van der Waals surface area contributed by atoms with E-state index in [2.05, 4.69) is 46.3 Å². The molecule has 3 aromatic rings. The van der Waals surface area contributed by atoms with Crippen LogP contribution in [0.1, 0.15) is 5.56 Å². The predicted molar refractivity (Wildman–Crippen MR) is 76.3 cm³/mol. The topological polar surface area (TPSA) is 23.8 Å². The summed E-state index contributed by atoms with van der Waals surface area (Å²) in [5.74, 6) is 0. The van der Waals surface area contributed by atoms with Gasteiger partial charge in [-0.1, -0.05) is 30.3 Å². The van der Waals surface area contributed by atoms with Crippen molar-refractivity contribution in [2.45, 2.75) is 6.42 Å². The summed E-state index contributed by atoms with van der Waals surface area (Å²) in [6.07, 6.45) is 0.453. The van der Waals surface area contributed by atoms with E-state index in [-0.39, 0.29) is 0 Å². The number of fused-ring (bicyclic) bond motifs is 3. The van der Waals surface area contributed by atoms with Crippen LogP contribution >= 0.6 is 27.3 Å². The Bertz CT molecular complexity index is 752. The largest absolute Gasteiger partial charge is 0.198 e. The Morgan fingerprint density at radius 1 is 1.18 bits per heavy atom. The number of rotatable bonds is 1. The Morgan fingerprint density at radius 2 is 2.00 bits per heavy atom. The van der Waals surface area contributed by atoms with Crippen molar-refractivity contribution in [3.63, 3.8) is 0 Å². The summed E-state index contributed by atoms with van der Waals surface area (Å²) in [5.41, 5.74) is 1.12. The van der Waals surface area contributed by atoms with Gasteiger partial charge in [0.25, 0.3) is 0 Å². The molecule has 1 aromatic heterocycles. The average molecular weight is 302 g/mol. The predicted octanol–water partition coefficient (Wildman–Crippen LogP) is 4.88. The summed E-state index contributed by atoms with van der Waals surface area (Å²) in [6, 6.07) is 14.8. The lowest BCUT2D eigenvalue weighted by Crippen LogP contribution is -1.81. The fraction of sp³-hybridized carbons (Fsp3) is 0.0714. The van der Waals surface area contributed by atoms with Gasteiger partial charge in [0.05, 0.1) is 16.3 Å². The highest BCUT2D eigenvalue weighted by Crippen LogP contribution is 2.39. The van der Waals surface area contributed by atoms with Gasteiger partial charge in [0.1, 0.15) is 0 Å². The second-order valence-electron chi connectivity index (χ2n) is 3.85. The van der Waals surface area contributed by atoms with Crippen LogP contribution in [0.25, 0.3) is 20.9 Å². The van der Waals surface area contributed by atoms with Crippen molar-refractivity contribution in [1.82, 2.24) is 0 Å². The lowest BCUT2D eigenvalue weighted by molar-refractivity contribution is 1.29. The van der Waals surface area contributed by atoms with Crippen LogP contribution in [0.3, 0.4) is 0 Å². The normalized spacial score (nSPS) is 10.8. The Morgan fingerprint density at radius 3 is 2.82 bits per heavy atom. The molecule has 3 rings (SSSR count). The van der Waals surface area contributed by atoms with Crippen molar-refractivity contribution in [2.75, 3.05) is 0 Å². The van der Waals surface area contributed by atoms with Crippen molar-refractivity contribution < 1.29 is 0 Å². The van der Waals surface area contributed by atoms with Crippen molar-refractivity contribution >= 4 is 48.1 Å². The molecule has 0 amide bonds. The Labute approximate surface area is 111 Å². The molecule has 17 heavy (non-hydrogen) atoms. The molecule has 0 saturated heterocycles. The number of halogens is 1. The van der Waals surface area contributed by atoms with Gasteiger partial charge in [-0.25, -0.2) is 0 Å². The molecule has 0 atom stereocenters. The number of nitrogens with zero attached hydrogens (tertiary/aromatic N) is 1. The minimum absolute atomic E-state index is 0.453. The highest BCUT2D eigenvalue weighted by molar-refractivity contribution is 9.11. The fourth-order valence-electron chi connectivity index (χ4n) is 2.14. The van der Waals surface area contributed by atoms with E-state index in [0.29, 0.717) is 6.42 Å². The van der Waals surface area contributed by atoms with E-state index in [1.165, 1.54) is 20.9 Å². The highest BCUT2D eigenvalue weighted by Gasteiger charge is 2.12. The first-order valence-corrected chi connectivity index (χ1v) is 6.88. The molecular formula is C14H8BrNS. The van der Waals surface area contributed by atoms with E-state index >= 15 is 0 Å². The summed E-state index contributed by atoms with van der Waals surface area (Å²) < 4.78 is 2.31. The molecule has 0 bridgehead atoms. The second kappa shape index (κ2) is 4.14. The zero-order chi connectivity index (χ0) is 11.8. The first kappa shape index (κ1) is 10.8. The molecule has 0 unspecified atom stereocenters. The summed E-state index contributed by atoms with van der Waals surface area (Å²) in [7, 11) is 0. The van der Waals surface area contributed by atoms with E-state index in [0.717, 1.165) is 9.35 Å². The molecule has 82 valence electrons. The standard InChI is InChI=1S/C14H8BrNS/c15-14-11(7-8-16)13-10-4-2-1-3-9(10)5-6-12(13)17-14/h1-6H,7H2. The quantitative estimate of drug-likeness (QED) is 0.628. The van der Waals surface area contributed by atoms with Crippen LogP contribution in [0.5, 0.6) is 0 Å². The molecule has 0 aliphatic heterocycles. The Hall–Kier alpha value is -1.37. The van der Waals surface area contributed by atoms with E-state index < -0.39 is 0 Å². The summed E-state index contributed by atoms with van der Waals surface area (Å²) >= 11 is 5.26. The molecule has 0 aliphatic rings. The molecule has 0 N–H and O–H groups in total. The average Bonchev–Trinajstić information content (AvgIpc) is 2.67. The summed E-state index contributed by atoms with van der Waals surface area (Å²) in [6.45, 7) is 0. The zero-order valence-corrected chi connectivity index (χ0v) is 11.3.